The average Bonchev–Trinajstić information content (AvgIpc) is 2.59. The van der Waals surface area contributed by atoms with Crippen LogP contribution in [0.3, 0.4) is 0 Å². The summed E-state index contributed by atoms with van der Waals surface area (Å²) in [6.45, 7) is 3.54. The van der Waals surface area contributed by atoms with Crippen LogP contribution in [0.1, 0.15) is 5.69 Å². The third-order valence-electron chi connectivity index (χ3n) is 1.32. The smallest absolute Gasteiger partial charge is 0.360 e. The number of thiazole rings is 1. The largest absolute Gasteiger partial charge is 0.476 e. The molecule has 3 N–H and O–H groups in total. The van der Waals surface area contributed by atoms with Crippen molar-refractivity contribution in [3.05, 3.63) is 23.7 Å². The molecule has 6 nitrogen and oxygen atoms in total. The van der Waals surface area contributed by atoms with E-state index in [9.17, 15) is 4.79 Å². The number of hydrogen-bond acceptors (Lipinski definition) is 6. The lowest BCUT2D eigenvalue weighted by molar-refractivity contribution is -0.129. The molecule has 0 aliphatic heterocycles. The average molecular weight is 227 g/mol. The Hall–Kier alpha value is -1.89. The van der Waals surface area contributed by atoms with Crippen LogP contribution in [0.2, 0.25) is 0 Å². The number of nitrogens with two attached hydrogens (primary N) is 1. The Bertz CT molecular complexity index is 400. The molecule has 0 fully saturated rings. The van der Waals surface area contributed by atoms with Gasteiger partial charge in [0.1, 0.15) is 12.3 Å². The minimum Gasteiger partial charge on any atom is -0.476 e. The molecule has 1 rings (SSSR count). The number of carbonyl (C=O) groups is 1. The number of aromatic nitrogens is 1. The fourth-order valence-corrected chi connectivity index (χ4v) is 1.29. The molecule has 0 saturated heterocycles. The lowest BCUT2D eigenvalue weighted by Gasteiger charge is -1.97. The minimum absolute atomic E-state index is 0.135. The number of aliphatic carboxylic acids is 1. The first-order valence-corrected chi connectivity index (χ1v) is 4.78. The number of carboxylic acid groups (broad SMARTS) is 1. The van der Waals surface area contributed by atoms with Gasteiger partial charge >= 0.3 is 5.97 Å². The summed E-state index contributed by atoms with van der Waals surface area (Å²) in [5.74, 6) is -1.22. The number of nitrogen functional groups attached to an aromatic ring is 1. The van der Waals surface area contributed by atoms with Gasteiger partial charge in [-0.3, -0.25) is 0 Å². The highest BCUT2D eigenvalue weighted by molar-refractivity contribution is 7.13. The van der Waals surface area contributed by atoms with Crippen LogP contribution in [0.5, 0.6) is 0 Å². The van der Waals surface area contributed by atoms with Gasteiger partial charge in [0, 0.05) is 5.38 Å². The van der Waals surface area contributed by atoms with E-state index in [1.165, 1.54) is 11.5 Å². The maximum Gasteiger partial charge on any atom is 0.360 e. The Balaban J connectivity index is 2.87. The van der Waals surface area contributed by atoms with Crippen molar-refractivity contribution >= 4 is 28.1 Å². The van der Waals surface area contributed by atoms with Gasteiger partial charge in [-0.1, -0.05) is 17.8 Å². The number of oxime groups is 1. The van der Waals surface area contributed by atoms with E-state index in [-0.39, 0.29) is 23.1 Å². The summed E-state index contributed by atoms with van der Waals surface area (Å²) >= 11 is 1.14. The number of anilines is 1. The van der Waals surface area contributed by atoms with E-state index < -0.39 is 5.97 Å². The van der Waals surface area contributed by atoms with Gasteiger partial charge in [0.05, 0.1) is 0 Å². The van der Waals surface area contributed by atoms with Crippen molar-refractivity contribution in [1.29, 1.82) is 0 Å². The Morgan fingerprint density at radius 3 is 3.07 bits per heavy atom. The third-order valence-corrected chi connectivity index (χ3v) is 1.99. The van der Waals surface area contributed by atoms with Crippen LogP contribution < -0.4 is 5.73 Å². The highest BCUT2D eigenvalue weighted by Crippen LogP contribution is 2.12. The molecule has 0 amide bonds. The monoisotopic (exact) mass is 227 g/mol. The molecule has 0 aliphatic rings. The summed E-state index contributed by atoms with van der Waals surface area (Å²) in [7, 11) is 0. The minimum atomic E-state index is -1.22. The van der Waals surface area contributed by atoms with Crippen molar-refractivity contribution in [2.75, 3.05) is 12.3 Å². The number of rotatable bonds is 5. The Kier molecular flexibility index (Phi) is 3.81. The molecule has 0 radical (unpaired) electrons. The maximum atomic E-state index is 10.8. The molecular formula is C8H9N3O3S. The fraction of sp³-hybridized carbons (Fsp3) is 0.125. The summed E-state index contributed by atoms with van der Waals surface area (Å²) in [6.07, 6.45) is 1.46. The van der Waals surface area contributed by atoms with E-state index in [2.05, 4.69) is 21.6 Å². The molecule has 1 aromatic rings. The van der Waals surface area contributed by atoms with Crippen LogP contribution in [0, 0.1) is 0 Å². The molecule has 0 unspecified atom stereocenters. The van der Waals surface area contributed by atoms with Gasteiger partial charge < -0.3 is 15.7 Å². The van der Waals surface area contributed by atoms with Gasteiger partial charge in [-0.15, -0.1) is 11.3 Å². The normalized spacial score (nSPS) is 11.1. The highest BCUT2D eigenvalue weighted by atomic mass is 32.1. The van der Waals surface area contributed by atoms with Crippen molar-refractivity contribution in [2.45, 2.75) is 0 Å². The zero-order valence-electron chi connectivity index (χ0n) is 7.71. The maximum absolute atomic E-state index is 10.8. The highest BCUT2D eigenvalue weighted by Gasteiger charge is 2.16. The van der Waals surface area contributed by atoms with E-state index in [4.69, 9.17) is 10.8 Å². The molecular weight excluding hydrogens is 218 g/mol. The van der Waals surface area contributed by atoms with Crippen LogP contribution in [0.4, 0.5) is 5.13 Å². The Labute approximate surface area is 89.7 Å². The van der Waals surface area contributed by atoms with Crippen molar-refractivity contribution < 1.29 is 14.7 Å². The second-order valence-corrected chi connectivity index (χ2v) is 3.29. The standard InChI is InChI=1S/C8H9N3O3S/c1-2-3-14-11-6(7(12)13)5-4-15-8(9)10-5/h2,4H,1,3H2,(H2,9,10)(H,12,13)/b11-6+. The zero-order chi connectivity index (χ0) is 11.3. The van der Waals surface area contributed by atoms with Gasteiger partial charge in [0.2, 0.25) is 5.71 Å². The number of carboxylic acids is 1. The summed E-state index contributed by atoms with van der Waals surface area (Å²) in [4.78, 5) is 19.3. The Morgan fingerprint density at radius 2 is 2.60 bits per heavy atom. The topological polar surface area (TPSA) is 97.8 Å². The molecule has 0 atom stereocenters. The molecule has 1 heterocycles. The number of nitrogens with zero attached hydrogens (tertiary/aromatic N) is 2. The van der Waals surface area contributed by atoms with Gasteiger partial charge in [0.25, 0.3) is 0 Å². The van der Waals surface area contributed by atoms with Gasteiger partial charge in [-0.2, -0.15) is 0 Å². The third kappa shape index (κ3) is 3.06. The fourth-order valence-electron chi connectivity index (χ4n) is 0.746. The first-order chi connectivity index (χ1) is 7.15. The van der Waals surface area contributed by atoms with Crippen molar-refractivity contribution in [2.24, 2.45) is 5.16 Å². The van der Waals surface area contributed by atoms with Crippen molar-refractivity contribution in [3.63, 3.8) is 0 Å². The molecule has 0 aromatic carbocycles. The van der Waals surface area contributed by atoms with Crippen LogP contribution >= 0.6 is 11.3 Å². The van der Waals surface area contributed by atoms with Crippen molar-refractivity contribution in [1.82, 2.24) is 4.98 Å². The number of hydrogen-bond donors (Lipinski definition) is 2. The van der Waals surface area contributed by atoms with Crippen LogP contribution in [0.15, 0.2) is 23.2 Å². The van der Waals surface area contributed by atoms with E-state index in [0.29, 0.717) is 0 Å². The molecule has 7 heteroatoms. The lowest BCUT2D eigenvalue weighted by Crippen LogP contribution is -2.15. The quantitative estimate of drug-likeness (QED) is 0.334. The first kappa shape index (κ1) is 11.2. The summed E-state index contributed by atoms with van der Waals surface area (Å²) in [5.41, 5.74) is 5.29. The van der Waals surface area contributed by atoms with Gasteiger partial charge in [0.15, 0.2) is 5.13 Å². The predicted molar refractivity (Wildman–Crippen MR) is 56.8 cm³/mol. The van der Waals surface area contributed by atoms with Crippen molar-refractivity contribution in [3.8, 4) is 0 Å². The predicted octanol–water partition coefficient (Wildman–Crippen LogP) is 0.717. The second-order valence-electron chi connectivity index (χ2n) is 2.40. The molecule has 0 bridgehead atoms. The van der Waals surface area contributed by atoms with Gasteiger partial charge in [-0.25, -0.2) is 9.78 Å². The molecule has 0 saturated carbocycles. The van der Waals surface area contributed by atoms with Crippen LogP contribution in [-0.4, -0.2) is 28.4 Å². The first-order valence-electron chi connectivity index (χ1n) is 3.90. The molecule has 0 aliphatic carbocycles. The summed E-state index contributed by atoms with van der Waals surface area (Å²) in [6, 6.07) is 0. The SMILES string of the molecule is C=CCO/N=C(/C(=O)O)c1csc(N)n1. The molecule has 0 spiro atoms. The Morgan fingerprint density at radius 1 is 1.87 bits per heavy atom. The van der Waals surface area contributed by atoms with E-state index in [1.54, 1.807) is 0 Å². The molecule has 1 aromatic heterocycles. The van der Waals surface area contributed by atoms with E-state index in [0.717, 1.165) is 11.3 Å². The molecule has 80 valence electrons. The van der Waals surface area contributed by atoms with Gasteiger partial charge in [-0.05, 0) is 0 Å². The second kappa shape index (κ2) is 5.11. The van der Waals surface area contributed by atoms with Crippen LogP contribution in [0.25, 0.3) is 0 Å². The lowest BCUT2D eigenvalue weighted by atomic mass is 10.3. The van der Waals surface area contributed by atoms with E-state index >= 15 is 0 Å². The summed E-state index contributed by atoms with van der Waals surface area (Å²) in [5, 5.41) is 14.0. The molecule has 15 heavy (non-hydrogen) atoms. The van der Waals surface area contributed by atoms with E-state index in [1.807, 2.05) is 0 Å². The zero-order valence-corrected chi connectivity index (χ0v) is 8.53. The van der Waals surface area contributed by atoms with Crippen LogP contribution in [-0.2, 0) is 9.63 Å². The summed E-state index contributed by atoms with van der Waals surface area (Å²) < 4.78 is 0.